The van der Waals surface area contributed by atoms with Crippen molar-refractivity contribution in [1.29, 1.82) is 0 Å². The number of benzene rings is 1. The summed E-state index contributed by atoms with van der Waals surface area (Å²) >= 11 is 4.51. The van der Waals surface area contributed by atoms with Crippen molar-refractivity contribution in [2.24, 2.45) is 5.73 Å². The minimum absolute atomic E-state index is 0.172. The van der Waals surface area contributed by atoms with Gasteiger partial charge in [-0.15, -0.1) is 0 Å². The van der Waals surface area contributed by atoms with Crippen LogP contribution in [0.4, 0.5) is 0 Å². The van der Waals surface area contributed by atoms with Gasteiger partial charge < -0.3 is 10.8 Å². The van der Waals surface area contributed by atoms with Crippen LogP contribution >= 0.6 is 27.7 Å². The number of rotatable bonds is 4. The number of hydrogen-bond acceptors (Lipinski definition) is 4. The molecule has 0 aliphatic heterocycles. The average molecular weight is 353 g/mol. The van der Waals surface area contributed by atoms with Crippen LogP contribution in [0.2, 0.25) is 0 Å². The quantitative estimate of drug-likeness (QED) is 0.882. The summed E-state index contributed by atoms with van der Waals surface area (Å²) in [7, 11) is 0. The van der Waals surface area contributed by atoms with Crippen molar-refractivity contribution in [2.75, 3.05) is 0 Å². The second-order valence-electron chi connectivity index (χ2n) is 3.79. The van der Waals surface area contributed by atoms with Crippen LogP contribution in [0.25, 0.3) is 0 Å². The largest absolute Gasteiger partial charge is 0.478 e. The van der Waals surface area contributed by atoms with E-state index in [4.69, 9.17) is 10.8 Å². The summed E-state index contributed by atoms with van der Waals surface area (Å²) < 4.78 is 0.516. The fourth-order valence-electron chi connectivity index (χ4n) is 1.48. The van der Waals surface area contributed by atoms with E-state index in [-0.39, 0.29) is 11.3 Å². The maximum absolute atomic E-state index is 11.1. The third-order valence-corrected chi connectivity index (χ3v) is 4.06. The van der Waals surface area contributed by atoms with Gasteiger partial charge in [0.1, 0.15) is 5.69 Å². The maximum Gasteiger partial charge on any atom is 0.336 e. The lowest BCUT2D eigenvalue weighted by molar-refractivity contribution is 0.0695. The summed E-state index contributed by atoms with van der Waals surface area (Å²) in [5, 5.41) is 9.06. The zero-order valence-corrected chi connectivity index (χ0v) is 12.4. The molecule has 20 heavy (non-hydrogen) atoms. The lowest BCUT2D eigenvalue weighted by Gasteiger charge is -2.05. The van der Waals surface area contributed by atoms with Crippen LogP contribution in [0.3, 0.4) is 0 Å². The Morgan fingerprint density at radius 2 is 1.90 bits per heavy atom. The molecule has 2 rings (SSSR count). The molecule has 102 valence electrons. The molecule has 0 aliphatic carbocycles. The fourth-order valence-corrected chi connectivity index (χ4v) is 2.78. The number of halogens is 1. The Morgan fingerprint density at radius 1 is 1.20 bits per heavy atom. The highest BCUT2D eigenvalue weighted by Crippen LogP contribution is 2.30. The Kier molecular flexibility index (Phi) is 4.41. The predicted octanol–water partition coefficient (Wildman–Crippen LogP) is 2.79. The van der Waals surface area contributed by atoms with Gasteiger partial charge in [-0.05, 0) is 46.3 Å². The Hall–Kier alpha value is -1.86. The Labute approximate surface area is 127 Å². The van der Waals surface area contributed by atoms with E-state index in [1.807, 2.05) is 0 Å². The van der Waals surface area contributed by atoms with Crippen molar-refractivity contribution in [3.63, 3.8) is 0 Å². The first-order chi connectivity index (χ1) is 9.47. The normalized spacial score (nSPS) is 10.2. The number of carboxylic acids is 1. The molecule has 0 spiro atoms. The molecule has 3 N–H and O–H groups in total. The zero-order valence-electron chi connectivity index (χ0n) is 10.0. The SMILES string of the molecule is NC(=O)c1cc(Sc2ccc(Br)c(C(=O)O)c2)ccn1. The van der Waals surface area contributed by atoms with Gasteiger partial charge in [0.05, 0.1) is 5.56 Å². The maximum atomic E-state index is 11.1. The highest BCUT2D eigenvalue weighted by Gasteiger charge is 2.10. The van der Waals surface area contributed by atoms with Crippen LogP contribution < -0.4 is 5.73 Å². The van der Waals surface area contributed by atoms with Gasteiger partial charge in [-0.1, -0.05) is 11.8 Å². The molecule has 5 nitrogen and oxygen atoms in total. The second kappa shape index (κ2) is 6.06. The number of aromatic nitrogens is 1. The van der Waals surface area contributed by atoms with Gasteiger partial charge in [-0.3, -0.25) is 9.78 Å². The van der Waals surface area contributed by atoms with Gasteiger partial charge in [0.15, 0.2) is 0 Å². The molecule has 0 bridgehead atoms. The van der Waals surface area contributed by atoms with E-state index < -0.39 is 11.9 Å². The first-order valence-corrected chi connectivity index (χ1v) is 7.05. The number of pyridine rings is 1. The van der Waals surface area contributed by atoms with Crippen molar-refractivity contribution in [2.45, 2.75) is 9.79 Å². The molecule has 0 saturated heterocycles. The van der Waals surface area contributed by atoms with Crippen molar-refractivity contribution < 1.29 is 14.7 Å². The van der Waals surface area contributed by atoms with E-state index in [9.17, 15) is 9.59 Å². The number of nitrogens with two attached hydrogens (primary N) is 1. The highest BCUT2D eigenvalue weighted by molar-refractivity contribution is 9.10. The Morgan fingerprint density at radius 3 is 2.55 bits per heavy atom. The molecule has 0 unspecified atom stereocenters. The van der Waals surface area contributed by atoms with E-state index in [2.05, 4.69) is 20.9 Å². The molecular weight excluding hydrogens is 344 g/mol. The smallest absolute Gasteiger partial charge is 0.336 e. The van der Waals surface area contributed by atoms with Crippen LogP contribution in [0.1, 0.15) is 20.8 Å². The molecule has 1 heterocycles. The summed E-state index contributed by atoms with van der Waals surface area (Å²) in [5.74, 6) is -1.61. The van der Waals surface area contributed by atoms with Crippen molar-refractivity contribution >= 4 is 39.6 Å². The number of primary amides is 1. The molecule has 0 saturated carbocycles. The molecule has 1 aromatic heterocycles. The minimum Gasteiger partial charge on any atom is -0.478 e. The molecule has 2 aromatic rings. The molecule has 0 fully saturated rings. The number of aromatic carboxylic acids is 1. The van der Waals surface area contributed by atoms with Crippen LogP contribution in [-0.4, -0.2) is 22.0 Å². The average Bonchev–Trinajstić information content (AvgIpc) is 2.41. The molecular formula is C13H9BrN2O3S. The van der Waals surface area contributed by atoms with Gasteiger partial charge >= 0.3 is 5.97 Å². The summed E-state index contributed by atoms with van der Waals surface area (Å²) in [5.41, 5.74) is 5.52. The van der Waals surface area contributed by atoms with Gasteiger partial charge in [0, 0.05) is 20.5 Å². The van der Waals surface area contributed by atoms with Crippen molar-refractivity contribution in [3.8, 4) is 0 Å². The second-order valence-corrected chi connectivity index (χ2v) is 5.79. The first-order valence-electron chi connectivity index (χ1n) is 5.44. The lowest BCUT2D eigenvalue weighted by Crippen LogP contribution is -2.12. The summed E-state index contributed by atoms with van der Waals surface area (Å²) in [6.07, 6.45) is 1.49. The van der Waals surface area contributed by atoms with Crippen molar-refractivity contribution in [1.82, 2.24) is 4.98 Å². The van der Waals surface area contributed by atoms with Crippen LogP contribution in [0.5, 0.6) is 0 Å². The Balaban J connectivity index is 2.30. The third-order valence-electron chi connectivity index (χ3n) is 2.39. The zero-order chi connectivity index (χ0) is 14.7. The minimum atomic E-state index is -1.01. The lowest BCUT2D eigenvalue weighted by atomic mass is 10.2. The van der Waals surface area contributed by atoms with Crippen LogP contribution in [0.15, 0.2) is 50.8 Å². The van der Waals surface area contributed by atoms with E-state index in [1.54, 1.807) is 30.3 Å². The van der Waals surface area contributed by atoms with E-state index in [1.165, 1.54) is 18.0 Å². The van der Waals surface area contributed by atoms with Gasteiger partial charge in [-0.2, -0.15) is 0 Å². The number of carboxylic acid groups (broad SMARTS) is 1. The van der Waals surface area contributed by atoms with E-state index in [0.29, 0.717) is 4.47 Å². The van der Waals surface area contributed by atoms with Crippen LogP contribution in [-0.2, 0) is 0 Å². The van der Waals surface area contributed by atoms with Gasteiger partial charge in [0.25, 0.3) is 5.91 Å². The fraction of sp³-hybridized carbons (Fsp3) is 0. The van der Waals surface area contributed by atoms with E-state index in [0.717, 1.165) is 9.79 Å². The predicted molar refractivity (Wildman–Crippen MR) is 78.0 cm³/mol. The highest BCUT2D eigenvalue weighted by atomic mass is 79.9. The standard InChI is InChI=1S/C13H9BrN2O3S/c14-10-2-1-7(5-9(10)13(18)19)20-8-3-4-16-11(6-8)12(15)17/h1-6H,(H2,15,17)(H,18,19). The molecule has 7 heteroatoms. The van der Waals surface area contributed by atoms with Gasteiger partial charge in [0.2, 0.25) is 0 Å². The summed E-state index contributed by atoms with van der Waals surface area (Å²) in [6, 6.07) is 8.30. The molecule has 0 aliphatic rings. The van der Waals surface area contributed by atoms with Gasteiger partial charge in [-0.25, -0.2) is 4.79 Å². The van der Waals surface area contributed by atoms with Crippen molar-refractivity contribution in [3.05, 3.63) is 52.3 Å². The number of amides is 1. The number of carbonyl (C=O) groups is 2. The summed E-state index contributed by atoms with van der Waals surface area (Å²) in [6.45, 7) is 0. The number of hydrogen-bond donors (Lipinski definition) is 2. The van der Waals surface area contributed by atoms with E-state index >= 15 is 0 Å². The number of carbonyl (C=O) groups excluding carboxylic acids is 1. The molecule has 1 amide bonds. The first kappa shape index (κ1) is 14.5. The molecule has 0 radical (unpaired) electrons. The monoisotopic (exact) mass is 352 g/mol. The number of nitrogens with zero attached hydrogens (tertiary/aromatic N) is 1. The Bertz CT molecular complexity index is 691. The molecule has 0 atom stereocenters. The molecule has 1 aromatic carbocycles. The van der Waals surface area contributed by atoms with Crippen LogP contribution in [0, 0.1) is 0 Å². The topological polar surface area (TPSA) is 93.3 Å². The third kappa shape index (κ3) is 3.37. The summed E-state index contributed by atoms with van der Waals surface area (Å²) in [4.78, 5) is 27.5.